The van der Waals surface area contributed by atoms with Crippen LogP contribution in [0.4, 0.5) is 0 Å². The predicted octanol–water partition coefficient (Wildman–Crippen LogP) is 2.13. The first-order valence-corrected chi connectivity index (χ1v) is 9.59. The molecule has 2 N–H and O–H groups in total. The van der Waals surface area contributed by atoms with Gasteiger partial charge in [0, 0.05) is 44.6 Å². The van der Waals surface area contributed by atoms with Gasteiger partial charge in [0.1, 0.15) is 5.75 Å². The molecule has 1 aromatic carbocycles. The van der Waals surface area contributed by atoms with Crippen LogP contribution in [-0.2, 0) is 11.3 Å². The van der Waals surface area contributed by atoms with E-state index in [-0.39, 0.29) is 11.9 Å². The Hall–Kier alpha value is -2.44. The number of piperazine rings is 1. The summed E-state index contributed by atoms with van der Waals surface area (Å²) in [6.45, 7) is 6.23. The van der Waals surface area contributed by atoms with Crippen LogP contribution in [0.25, 0.3) is 0 Å². The molecule has 3 rings (SSSR count). The van der Waals surface area contributed by atoms with Crippen molar-refractivity contribution in [2.75, 3.05) is 32.8 Å². The highest BCUT2D eigenvalue weighted by molar-refractivity contribution is 5.78. The van der Waals surface area contributed by atoms with Crippen LogP contribution in [0.15, 0.2) is 48.8 Å². The third-order valence-corrected chi connectivity index (χ3v) is 4.63. The zero-order valence-corrected chi connectivity index (χ0v) is 15.9. The van der Waals surface area contributed by atoms with E-state index in [1.165, 1.54) is 0 Å². The molecule has 144 valence electrons. The third-order valence-electron chi connectivity index (χ3n) is 4.63. The van der Waals surface area contributed by atoms with Gasteiger partial charge in [0.05, 0.1) is 13.2 Å². The Labute approximate surface area is 160 Å². The first-order chi connectivity index (χ1) is 13.3. The maximum Gasteiger partial charge on any atom is 0.234 e. The standard InChI is InChI=1S/C21H28N4O2/c1-2-11-27-19-7-3-5-17(12-19)13-24-21(26)16-25-10-9-23-15-20(25)18-6-4-8-22-14-18/h3-8,12,14,20,23H,2,9-11,13,15-16H2,1H3,(H,24,26). The number of nitrogens with zero attached hydrogens (tertiary/aromatic N) is 2. The van der Waals surface area contributed by atoms with Gasteiger partial charge in [-0.25, -0.2) is 0 Å². The van der Waals surface area contributed by atoms with Crippen LogP contribution in [0.5, 0.6) is 5.75 Å². The number of ether oxygens (including phenoxy) is 1. The average molecular weight is 368 g/mol. The van der Waals surface area contributed by atoms with Gasteiger partial charge in [-0.2, -0.15) is 0 Å². The highest BCUT2D eigenvalue weighted by atomic mass is 16.5. The summed E-state index contributed by atoms with van der Waals surface area (Å²) in [6, 6.07) is 12.1. The SMILES string of the molecule is CCCOc1cccc(CNC(=O)CN2CCNCC2c2cccnc2)c1. The summed E-state index contributed by atoms with van der Waals surface area (Å²) >= 11 is 0. The molecule has 1 unspecified atom stereocenters. The van der Waals surface area contributed by atoms with E-state index in [4.69, 9.17) is 4.74 Å². The molecule has 0 spiro atoms. The fraction of sp³-hybridized carbons (Fsp3) is 0.429. The monoisotopic (exact) mass is 368 g/mol. The molecule has 6 heteroatoms. The lowest BCUT2D eigenvalue weighted by atomic mass is 10.1. The van der Waals surface area contributed by atoms with Gasteiger partial charge < -0.3 is 15.4 Å². The molecular formula is C21H28N4O2. The second-order valence-corrected chi connectivity index (χ2v) is 6.75. The van der Waals surface area contributed by atoms with Crippen molar-refractivity contribution < 1.29 is 9.53 Å². The molecule has 1 aliphatic rings. The van der Waals surface area contributed by atoms with Crippen LogP contribution in [-0.4, -0.2) is 48.6 Å². The fourth-order valence-corrected chi connectivity index (χ4v) is 3.24. The van der Waals surface area contributed by atoms with Crippen LogP contribution in [0, 0.1) is 0 Å². The van der Waals surface area contributed by atoms with Crippen LogP contribution >= 0.6 is 0 Å². The molecule has 0 aliphatic carbocycles. The van der Waals surface area contributed by atoms with Gasteiger partial charge in [-0.15, -0.1) is 0 Å². The summed E-state index contributed by atoms with van der Waals surface area (Å²) in [5, 5.41) is 6.43. The minimum atomic E-state index is 0.0330. The van der Waals surface area contributed by atoms with Gasteiger partial charge in [-0.05, 0) is 35.7 Å². The number of hydrogen-bond acceptors (Lipinski definition) is 5. The van der Waals surface area contributed by atoms with Crippen molar-refractivity contribution in [1.82, 2.24) is 20.5 Å². The maximum absolute atomic E-state index is 12.5. The van der Waals surface area contributed by atoms with Crippen LogP contribution < -0.4 is 15.4 Å². The number of carbonyl (C=O) groups is 1. The smallest absolute Gasteiger partial charge is 0.234 e. The van der Waals surface area contributed by atoms with E-state index in [9.17, 15) is 4.79 Å². The molecule has 1 atom stereocenters. The van der Waals surface area contributed by atoms with Crippen molar-refractivity contribution in [1.29, 1.82) is 0 Å². The van der Waals surface area contributed by atoms with Crippen LogP contribution in [0.3, 0.4) is 0 Å². The minimum Gasteiger partial charge on any atom is -0.494 e. The van der Waals surface area contributed by atoms with Crippen molar-refractivity contribution in [3.8, 4) is 5.75 Å². The van der Waals surface area contributed by atoms with Gasteiger partial charge in [-0.1, -0.05) is 25.1 Å². The Morgan fingerprint density at radius 1 is 1.37 bits per heavy atom. The topological polar surface area (TPSA) is 66.5 Å². The largest absolute Gasteiger partial charge is 0.494 e. The number of hydrogen-bond donors (Lipinski definition) is 2. The molecule has 2 heterocycles. The van der Waals surface area contributed by atoms with E-state index in [1.54, 1.807) is 6.20 Å². The third kappa shape index (κ3) is 5.77. The Bertz CT molecular complexity index is 723. The lowest BCUT2D eigenvalue weighted by Crippen LogP contribution is -2.49. The second-order valence-electron chi connectivity index (χ2n) is 6.75. The second kappa shape index (κ2) is 10.0. The maximum atomic E-state index is 12.5. The predicted molar refractivity (Wildman–Crippen MR) is 105 cm³/mol. The molecule has 6 nitrogen and oxygen atoms in total. The van der Waals surface area contributed by atoms with E-state index in [1.807, 2.05) is 36.5 Å². The van der Waals surface area contributed by atoms with E-state index >= 15 is 0 Å². The van der Waals surface area contributed by atoms with Crippen molar-refractivity contribution in [2.24, 2.45) is 0 Å². The summed E-state index contributed by atoms with van der Waals surface area (Å²) in [4.78, 5) is 18.9. The average Bonchev–Trinajstić information content (AvgIpc) is 2.72. The molecule has 0 bridgehead atoms. The zero-order chi connectivity index (χ0) is 18.9. The molecule has 1 saturated heterocycles. The van der Waals surface area contributed by atoms with Gasteiger partial charge in [0.15, 0.2) is 0 Å². The molecule has 1 aliphatic heterocycles. The van der Waals surface area contributed by atoms with E-state index in [0.717, 1.165) is 42.9 Å². The lowest BCUT2D eigenvalue weighted by Gasteiger charge is -2.35. The summed E-state index contributed by atoms with van der Waals surface area (Å²) in [5.41, 5.74) is 2.18. The number of benzene rings is 1. The number of nitrogens with one attached hydrogen (secondary N) is 2. The van der Waals surface area contributed by atoms with Gasteiger partial charge in [0.25, 0.3) is 0 Å². The quantitative estimate of drug-likeness (QED) is 0.747. The van der Waals surface area contributed by atoms with Gasteiger partial charge in [0.2, 0.25) is 5.91 Å². The summed E-state index contributed by atoms with van der Waals surface area (Å²) in [5.74, 6) is 0.882. The first kappa shape index (κ1) is 19.3. The molecule has 0 saturated carbocycles. The molecule has 1 fully saturated rings. The Morgan fingerprint density at radius 2 is 2.30 bits per heavy atom. The minimum absolute atomic E-state index is 0.0330. The van der Waals surface area contributed by atoms with Crippen molar-refractivity contribution in [3.63, 3.8) is 0 Å². The Balaban J connectivity index is 1.53. The van der Waals surface area contributed by atoms with E-state index in [0.29, 0.717) is 19.7 Å². The highest BCUT2D eigenvalue weighted by Crippen LogP contribution is 2.20. The summed E-state index contributed by atoms with van der Waals surface area (Å²) in [6.07, 6.45) is 4.63. The van der Waals surface area contributed by atoms with Gasteiger partial charge in [-0.3, -0.25) is 14.7 Å². The fourth-order valence-electron chi connectivity index (χ4n) is 3.24. The first-order valence-electron chi connectivity index (χ1n) is 9.59. The van der Waals surface area contributed by atoms with Crippen molar-refractivity contribution >= 4 is 5.91 Å². The highest BCUT2D eigenvalue weighted by Gasteiger charge is 2.25. The Kier molecular flexibility index (Phi) is 7.19. The molecule has 1 amide bonds. The van der Waals surface area contributed by atoms with Crippen LogP contribution in [0.2, 0.25) is 0 Å². The molecule has 27 heavy (non-hydrogen) atoms. The van der Waals surface area contributed by atoms with Gasteiger partial charge >= 0.3 is 0 Å². The molecule has 0 radical (unpaired) electrons. The molecule has 1 aromatic heterocycles. The number of amides is 1. The molecule has 2 aromatic rings. The number of aromatic nitrogens is 1. The van der Waals surface area contributed by atoms with E-state index in [2.05, 4.69) is 33.5 Å². The van der Waals surface area contributed by atoms with Crippen LogP contribution in [0.1, 0.15) is 30.5 Å². The lowest BCUT2D eigenvalue weighted by molar-refractivity contribution is -0.123. The number of pyridine rings is 1. The van der Waals surface area contributed by atoms with Crippen molar-refractivity contribution in [3.05, 3.63) is 59.9 Å². The number of rotatable bonds is 8. The normalized spacial score (nSPS) is 17.4. The Morgan fingerprint density at radius 3 is 3.11 bits per heavy atom. The zero-order valence-electron chi connectivity index (χ0n) is 15.9. The summed E-state index contributed by atoms with van der Waals surface area (Å²) < 4.78 is 5.65. The van der Waals surface area contributed by atoms with Crippen molar-refractivity contribution in [2.45, 2.75) is 25.9 Å². The number of carbonyl (C=O) groups excluding carboxylic acids is 1. The van der Waals surface area contributed by atoms with E-state index < -0.39 is 0 Å². The summed E-state index contributed by atoms with van der Waals surface area (Å²) in [7, 11) is 0. The molecular weight excluding hydrogens is 340 g/mol.